The standard InChI is InChI=1S/C22H22ClNO5/c1-3-28-19-7-5-4-6-18(19)24-13-16(12-20(24)25)22(27)29-14(2)21(26)15-8-10-17(23)11-9-15/h4-11,14,16H,3,12-13H2,1-2H3/t14-,16-/m1/s1. The van der Waals surface area contributed by atoms with E-state index in [0.717, 1.165) is 0 Å². The van der Waals surface area contributed by atoms with Gasteiger partial charge in [-0.1, -0.05) is 23.7 Å². The van der Waals surface area contributed by atoms with Crippen molar-refractivity contribution in [3.8, 4) is 5.75 Å². The van der Waals surface area contributed by atoms with Crippen molar-refractivity contribution in [3.05, 3.63) is 59.1 Å². The Labute approximate surface area is 174 Å². The van der Waals surface area contributed by atoms with E-state index < -0.39 is 18.0 Å². The predicted octanol–water partition coefficient (Wildman–Crippen LogP) is 3.91. The smallest absolute Gasteiger partial charge is 0.312 e. The Morgan fingerprint density at radius 3 is 2.55 bits per heavy atom. The summed E-state index contributed by atoms with van der Waals surface area (Å²) in [5, 5.41) is 0.517. The van der Waals surface area contributed by atoms with E-state index in [-0.39, 0.29) is 24.7 Å². The molecule has 1 heterocycles. The van der Waals surface area contributed by atoms with Crippen molar-refractivity contribution < 1.29 is 23.9 Å². The van der Waals surface area contributed by atoms with Gasteiger partial charge < -0.3 is 14.4 Å². The van der Waals surface area contributed by atoms with Crippen molar-refractivity contribution in [2.24, 2.45) is 5.92 Å². The lowest BCUT2D eigenvalue weighted by Crippen LogP contribution is -2.30. The third-order valence-electron chi connectivity index (χ3n) is 4.71. The van der Waals surface area contributed by atoms with Gasteiger partial charge in [-0.3, -0.25) is 14.4 Å². The van der Waals surface area contributed by atoms with Gasteiger partial charge in [-0.15, -0.1) is 0 Å². The summed E-state index contributed by atoms with van der Waals surface area (Å²) in [5.74, 6) is -1.13. The van der Waals surface area contributed by atoms with Gasteiger partial charge in [-0.25, -0.2) is 0 Å². The first-order valence-electron chi connectivity index (χ1n) is 9.43. The second-order valence-corrected chi connectivity index (χ2v) is 7.19. The molecule has 6 nitrogen and oxygen atoms in total. The number of ether oxygens (including phenoxy) is 2. The number of Topliss-reactive ketones (excluding diaryl/α,β-unsaturated/α-hetero) is 1. The highest BCUT2D eigenvalue weighted by molar-refractivity contribution is 6.30. The van der Waals surface area contributed by atoms with Crippen LogP contribution in [0.25, 0.3) is 0 Å². The minimum atomic E-state index is -0.955. The van der Waals surface area contributed by atoms with Gasteiger partial charge in [0.05, 0.1) is 18.2 Å². The highest BCUT2D eigenvalue weighted by Gasteiger charge is 2.38. The van der Waals surface area contributed by atoms with Crippen LogP contribution in [0.3, 0.4) is 0 Å². The van der Waals surface area contributed by atoms with Gasteiger partial charge in [0, 0.05) is 23.6 Å². The molecular formula is C22H22ClNO5. The number of hydrogen-bond donors (Lipinski definition) is 0. The van der Waals surface area contributed by atoms with Gasteiger partial charge in [0.25, 0.3) is 0 Å². The van der Waals surface area contributed by atoms with E-state index in [1.807, 2.05) is 19.1 Å². The Morgan fingerprint density at radius 1 is 1.17 bits per heavy atom. The lowest BCUT2D eigenvalue weighted by Gasteiger charge is -2.20. The van der Waals surface area contributed by atoms with E-state index in [1.165, 1.54) is 11.8 Å². The second kappa shape index (κ2) is 9.09. The Morgan fingerprint density at radius 2 is 1.86 bits per heavy atom. The quantitative estimate of drug-likeness (QED) is 0.506. The maximum Gasteiger partial charge on any atom is 0.312 e. The van der Waals surface area contributed by atoms with Crippen molar-refractivity contribution in [3.63, 3.8) is 0 Å². The maximum atomic E-state index is 12.6. The van der Waals surface area contributed by atoms with Crippen LogP contribution < -0.4 is 9.64 Å². The average Bonchev–Trinajstić information content (AvgIpc) is 3.10. The molecule has 7 heteroatoms. The van der Waals surface area contributed by atoms with E-state index in [1.54, 1.807) is 36.4 Å². The SMILES string of the molecule is CCOc1ccccc1N1C[C@H](C(=O)O[C@H](C)C(=O)c2ccc(Cl)cc2)CC1=O. The predicted molar refractivity (Wildman–Crippen MR) is 109 cm³/mol. The molecule has 1 amide bonds. The van der Waals surface area contributed by atoms with Crippen LogP contribution in [0.1, 0.15) is 30.6 Å². The summed E-state index contributed by atoms with van der Waals surface area (Å²) in [4.78, 5) is 39.1. The van der Waals surface area contributed by atoms with E-state index in [4.69, 9.17) is 21.1 Å². The molecule has 0 unspecified atom stereocenters. The number of esters is 1. The molecule has 2 atom stereocenters. The number of benzene rings is 2. The third kappa shape index (κ3) is 4.77. The van der Waals surface area contributed by atoms with Crippen LogP contribution in [0.2, 0.25) is 5.02 Å². The number of para-hydroxylation sites is 2. The molecule has 1 aliphatic rings. The summed E-state index contributed by atoms with van der Waals surface area (Å²) in [6, 6.07) is 13.6. The third-order valence-corrected chi connectivity index (χ3v) is 4.96. The number of amides is 1. The molecule has 2 aromatic rings. The Kier molecular flexibility index (Phi) is 6.54. The number of hydrogen-bond acceptors (Lipinski definition) is 5. The summed E-state index contributed by atoms with van der Waals surface area (Å²) in [5.41, 5.74) is 1.03. The molecule has 29 heavy (non-hydrogen) atoms. The van der Waals surface area contributed by atoms with Crippen molar-refractivity contribution in [2.45, 2.75) is 26.4 Å². The van der Waals surface area contributed by atoms with E-state index in [9.17, 15) is 14.4 Å². The summed E-state index contributed by atoms with van der Waals surface area (Å²) in [6.45, 7) is 4.04. The van der Waals surface area contributed by atoms with Crippen LogP contribution in [-0.2, 0) is 14.3 Å². The molecule has 2 aromatic carbocycles. The molecule has 0 N–H and O–H groups in total. The normalized spacial score (nSPS) is 17.1. The van der Waals surface area contributed by atoms with Crippen LogP contribution in [0.4, 0.5) is 5.69 Å². The van der Waals surface area contributed by atoms with Gasteiger partial charge in [0.15, 0.2) is 6.10 Å². The molecule has 1 aliphatic heterocycles. The average molecular weight is 416 g/mol. The van der Waals surface area contributed by atoms with E-state index in [0.29, 0.717) is 28.6 Å². The Balaban J connectivity index is 1.66. The maximum absolute atomic E-state index is 12.6. The lowest BCUT2D eigenvalue weighted by atomic mass is 10.1. The minimum absolute atomic E-state index is 0.0289. The molecule has 0 bridgehead atoms. The summed E-state index contributed by atoms with van der Waals surface area (Å²) in [7, 11) is 0. The second-order valence-electron chi connectivity index (χ2n) is 6.76. The molecule has 0 radical (unpaired) electrons. The van der Waals surface area contributed by atoms with Gasteiger partial charge in [-0.2, -0.15) is 0 Å². The zero-order valence-corrected chi connectivity index (χ0v) is 17.0. The van der Waals surface area contributed by atoms with Crippen LogP contribution in [-0.4, -0.2) is 36.9 Å². The Hall–Kier alpha value is -2.86. The highest BCUT2D eigenvalue weighted by Crippen LogP contribution is 2.33. The van der Waals surface area contributed by atoms with Gasteiger partial charge >= 0.3 is 5.97 Å². The fourth-order valence-corrected chi connectivity index (χ4v) is 3.35. The molecule has 152 valence electrons. The van der Waals surface area contributed by atoms with Crippen molar-refractivity contribution in [2.75, 3.05) is 18.1 Å². The fraction of sp³-hybridized carbons (Fsp3) is 0.318. The number of ketones is 1. The molecule has 1 saturated heterocycles. The van der Waals surface area contributed by atoms with Crippen molar-refractivity contribution in [1.29, 1.82) is 0 Å². The van der Waals surface area contributed by atoms with E-state index in [2.05, 4.69) is 0 Å². The lowest BCUT2D eigenvalue weighted by molar-refractivity contribution is -0.151. The first-order valence-corrected chi connectivity index (χ1v) is 9.81. The fourth-order valence-electron chi connectivity index (χ4n) is 3.23. The molecular weight excluding hydrogens is 394 g/mol. The zero-order chi connectivity index (χ0) is 21.0. The van der Waals surface area contributed by atoms with Crippen molar-refractivity contribution >= 4 is 34.9 Å². The molecule has 0 saturated carbocycles. The van der Waals surface area contributed by atoms with Crippen molar-refractivity contribution in [1.82, 2.24) is 0 Å². The van der Waals surface area contributed by atoms with Gasteiger partial charge in [0.1, 0.15) is 5.75 Å². The Bertz CT molecular complexity index is 912. The molecule has 3 rings (SSSR count). The molecule has 0 aromatic heterocycles. The number of anilines is 1. The summed E-state index contributed by atoms with van der Waals surface area (Å²) < 4.78 is 10.9. The van der Waals surface area contributed by atoms with Crippen LogP contribution in [0.15, 0.2) is 48.5 Å². The topological polar surface area (TPSA) is 72.9 Å². The summed E-state index contributed by atoms with van der Waals surface area (Å²) >= 11 is 5.83. The molecule has 0 aliphatic carbocycles. The summed E-state index contributed by atoms with van der Waals surface area (Å²) in [6.07, 6.45) is -0.926. The zero-order valence-electron chi connectivity index (χ0n) is 16.3. The molecule has 0 spiro atoms. The largest absolute Gasteiger partial charge is 0.492 e. The van der Waals surface area contributed by atoms with E-state index >= 15 is 0 Å². The number of halogens is 1. The minimum Gasteiger partial charge on any atom is -0.492 e. The number of carbonyl (C=O) groups is 3. The molecule has 1 fully saturated rings. The number of rotatable bonds is 7. The van der Waals surface area contributed by atoms with Crippen LogP contribution in [0.5, 0.6) is 5.75 Å². The first-order chi connectivity index (χ1) is 13.9. The van der Waals surface area contributed by atoms with Crippen LogP contribution in [0, 0.1) is 5.92 Å². The van der Waals surface area contributed by atoms with Crippen LogP contribution >= 0.6 is 11.6 Å². The van der Waals surface area contributed by atoms with Gasteiger partial charge in [0.2, 0.25) is 11.7 Å². The number of carbonyl (C=O) groups excluding carboxylic acids is 3. The monoisotopic (exact) mass is 415 g/mol. The number of nitrogens with zero attached hydrogens (tertiary/aromatic N) is 1. The van der Waals surface area contributed by atoms with Gasteiger partial charge in [-0.05, 0) is 50.2 Å². The first kappa shape index (κ1) is 20.9. The highest BCUT2D eigenvalue weighted by atomic mass is 35.5.